The number of oxime groups is 1. The fourth-order valence-corrected chi connectivity index (χ4v) is 2.11. The van der Waals surface area contributed by atoms with E-state index in [1.807, 2.05) is 42.5 Å². The zero-order valence-electron chi connectivity index (χ0n) is 10.1. The normalized spacial score (nSPS) is 13.1. The minimum absolute atomic E-state index is 0.257. The Morgan fingerprint density at radius 3 is 2.79 bits per heavy atom. The highest BCUT2D eigenvalue weighted by atomic mass is 16.4. The third-order valence-electron chi connectivity index (χ3n) is 2.98. The molecule has 0 amide bonds. The first-order valence-electron chi connectivity index (χ1n) is 5.91. The molecule has 0 saturated heterocycles. The van der Waals surface area contributed by atoms with Gasteiger partial charge in [-0.15, -0.1) is 0 Å². The summed E-state index contributed by atoms with van der Waals surface area (Å²) in [6.07, 6.45) is 4.89. The topological polar surface area (TPSA) is 63.3 Å². The van der Waals surface area contributed by atoms with Crippen molar-refractivity contribution in [2.24, 2.45) is 5.16 Å². The van der Waals surface area contributed by atoms with E-state index < -0.39 is 0 Å². The third-order valence-corrected chi connectivity index (χ3v) is 2.98. The largest absolute Gasteiger partial charge is 0.411 e. The second-order valence-corrected chi connectivity index (χ2v) is 4.12. The first-order valence-corrected chi connectivity index (χ1v) is 5.91. The number of fused-ring (bicyclic) bond motifs is 1. The summed E-state index contributed by atoms with van der Waals surface area (Å²) in [5, 5.41) is 16.4. The maximum Gasteiger partial charge on any atom is 0.116 e. The number of hydrogen-bond donors (Lipinski definition) is 1. The second-order valence-electron chi connectivity index (χ2n) is 4.12. The van der Waals surface area contributed by atoms with E-state index in [1.165, 1.54) is 6.21 Å². The molecule has 1 unspecified atom stereocenters. The SMILES string of the molecule is ON=CC(c1ccccc1)n1ncc2ncccc21. The monoisotopic (exact) mass is 252 g/mol. The number of pyridine rings is 1. The van der Waals surface area contributed by atoms with Gasteiger partial charge in [0.15, 0.2) is 0 Å². The average molecular weight is 252 g/mol. The molecule has 0 aliphatic rings. The fraction of sp³-hybridized carbons (Fsp3) is 0.0714. The lowest BCUT2D eigenvalue weighted by Gasteiger charge is -2.13. The van der Waals surface area contributed by atoms with Gasteiger partial charge in [0.2, 0.25) is 0 Å². The standard InChI is InChI=1S/C14H12N4O/c19-17-10-14(11-5-2-1-3-6-11)18-13-7-4-8-15-12(13)9-16-18/h1-10,14,19H. The van der Waals surface area contributed by atoms with Crippen LogP contribution in [0.25, 0.3) is 11.0 Å². The van der Waals surface area contributed by atoms with Gasteiger partial charge in [-0.05, 0) is 17.7 Å². The maximum atomic E-state index is 8.88. The second kappa shape index (κ2) is 4.89. The fourth-order valence-electron chi connectivity index (χ4n) is 2.11. The smallest absolute Gasteiger partial charge is 0.116 e. The molecule has 0 aliphatic carbocycles. The van der Waals surface area contributed by atoms with Crippen molar-refractivity contribution >= 4 is 17.2 Å². The first kappa shape index (κ1) is 11.4. The van der Waals surface area contributed by atoms with E-state index in [0.29, 0.717) is 0 Å². The van der Waals surface area contributed by atoms with Crippen LogP contribution in [0, 0.1) is 0 Å². The quantitative estimate of drug-likeness (QED) is 0.442. The minimum atomic E-state index is -0.257. The zero-order chi connectivity index (χ0) is 13.1. The van der Waals surface area contributed by atoms with Crippen LogP contribution in [0.3, 0.4) is 0 Å². The molecular formula is C14H12N4O. The molecule has 0 spiro atoms. The maximum absolute atomic E-state index is 8.88. The summed E-state index contributed by atoms with van der Waals surface area (Å²) < 4.78 is 1.79. The van der Waals surface area contributed by atoms with Gasteiger partial charge in [0, 0.05) is 6.20 Å². The van der Waals surface area contributed by atoms with Crippen LogP contribution >= 0.6 is 0 Å². The molecule has 2 heterocycles. The molecule has 0 bridgehead atoms. The molecule has 19 heavy (non-hydrogen) atoms. The Kier molecular flexibility index (Phi) is 2.94. The summed E-state index contributed by atoms with van der Waals surface area (Å²) in [7, 11) is 0. The number of benzene rings is 1. The van der Waals surface area contributed by atoms with Gasteiger partial charge >= 0.3 is 0 Å². The average Bonchev–Trinajstić information content (AvgIpc) is 2.89. The van der Waals surface area contributed by atoms with Crippen LogP contribution in [0.1, 0.15) is 11.6 Å². The van der Waals surface area contributed by atoms with E-state index in [9.17, 15) is 0 Å². The molecule has 3 rings (SSSR count). The van der Waals surface area contributed by atoms with Gasteiger partial charge in [0.1, 0.15) is 11.6 Å². The first-order chi connectivity index (χ1) is 9.40. The molecule has 1 N–H and O–H groups in total. The van der Waals surface area contributed by atoms with E-state index in [0.717, 1.165) is 16.6 Å². The lowest BCUT2D eigenvalue weighted by molar-refractivity contribution is 0.318. The molecule has 2 aromatic heterocycles. The van der Waals surface area contributed by atoms with Gasteiger partial charge in [-0.3, -0.25) is 9.67 Å². The Hall–Kier alpha value is -2.69. The van der Waals surface area contributed by atoms with Crippen LogP contribution in [-0.4, -0.2) is 26.2 Å². The summed E-state index contributed by atoms with van der Waals surface area (Å²) in [5.41, 5.74) is 2.71. The molecule has 0 aliphatic heterocycles. The van der Waals surface area contributed by atoms with Gasteiger partial charge in [0.05, 0.1) is 17.9 Å². The summed E-state index contributed by atoms with van der Waals surface area (Å²) in [4.78, 5) is 4.25. The molecule has 5 heteroatoms. The van der Waals surface area contributed by atoms with Crippen molar-refractivity contribution in [3.05, 3.63) is 60.4 Å². The summed E-state index contributed by atoms with van der Waals surface area (Å²) in [5.74, 6) is 0. The van der Waals surface area contributed by atoms with Crippen LogP contribution in [-0.2, 0) is 0 Å². The van der Waals surface area contributed by atoms with Crippen molar-refractivity contribution in [2.45, 2.75) is 6.04 Å². The van der Waals surface area contributed by atoms with E-state index >= 15 is 0 Å². The third kappa shape index (κ3) is 2.06. The Labute approximate surface area is 109 Å². The Bertz CT molecular complexity index is 706. The van der Waals surface area contributed by atoms with Gasteiger partial charge in [-0.2, -0.15) is 5.10 Å². The van der Waals surface area contributed by atoms with Crippen LogP contribution < -0.4 is 0 Å². The highest BCUT2D eigenvalue weighted by Crippen LogP contribution is 2.20. The zero-order valence-corrected chi connectivity index (χ0v) is 10.1. The highest BCUT2D eigenvalue weighted by molar-refractivity contribution is 5.77. The molecule has 5 nitrogen and oxygen atoms in total. The summed E-state index contributed by atoms with van der Waals surface area (Å²) in [6, 6.07) is 13.3. The van der Waals surface area contributed by atoms with Gasteiger partial charge < -0.3 is 5.21 Å². The summed E-state index contributed by atoms with van der Waals surface area (Å²) >= 11 is 0. The van der Waals surface area contributed by atoms with Crippen molar-refractivity contribution in [1.82, 2.24) is 14.8 Å². The lowest BCUT2D eigenvalue weighted by Crippen LogP contribution is -2.13. The van der Waals surface area contributed by atoms with Gasteiger partial charge in [-0.1, -0.05) is 35.5 Å². The molecule has 0 fully saturated rings. The van der Waals surface area contributed by atoms with Crippen molar-refractivity contribution in [3.8, 4) is 0 Å². The van der Waals surface area contributed by atoms with Crippen molar-refractivity contribution in [3.63, 3.8) is 0 Å². The van der Waals surface area contributed by atoms with Crippen LogP contribution in [0.15, 0.2) is 60.0 Å². The summed E-state index contributed by atoms with van der Waals surface area (Å²) in [6.45, 7) is 0. The van der Waals surface area contributed by atoms with E-state index in [1.54, 1.807) is 17.1 Å². The minimum Gasteiger partial charge on any atom is -0.411 e. The van der Waals surface area contributed by atoms with Gasteiger partial charge in [-0.25, -0.2) is 0 Å². The van der Waals surface area contributed by atoms with E-state index in [-0.39, 0.29) is 6.04 Å². The number of rotatable bonds is 3. The molecule has 3 aromatic rings. The molecule has 0 saturated carbocycles. The molecule has 0 radical (unpaired) electrons. The number of hydrogen-bond acceptors (Lipinski definition) is 4. The van der Waals surface area contributed by atoms with E-state index in [4.69, 9.17) is 5.21 Å². The predicted molar refractivity (Wildman–Crippen MR) is 72.4 cm³/mol. The molecule has 1 atom stereocenters. The van der Waals surface area contributed by atoms with Crippen molar-refractivity contribution in [1.29, 1.82) is 0 Å². The Balaban J connectivity index is 2.15. The number of aromatic nitrogens is 3. The van der Waals surface area contributed by atoms with Crippen LogP contribution in [0.2, 0.25) is 0 Å². The molecule has 1 aromatic carbocycles. The van der Waals surface area contributed by atoms with Crippen molar-refractivity contribution in [2.75, 3.05) is 0 Å². The highest BCUT2D eigenvalue weighted by Gasteiger charge is 2.15. The molecule has 94 valence electrons. The molecular weight excluding hydrogens is 240 g/mol. The van der Waals surface area contributed by atoms with Crippen molar-refractivity contribution < 1.29 is 5.21 Å². The van der Waals surface area contributed by atoms with E-state index in [2.05, 4.69) is 15.2 Å². The predicted octanol–water partition coefficient (Wildman–Crippen LogP) is 2.48. The Morgan fingerprint density at radius 2 is 2.00 bits per heavy atom. The number of nitrogens with zero attached hydrogens (tertiary/aromatic N) is 4. The Morgan fingerprint density at radius 1 is 1.16 bits per heavy atom. The van der Waals surface area contributed by atoms with Crippen LogP contribution in [0.4, 0.5) is 0 Å². The lowest BCUT2D eigenvalue weighted by atomic mass is 10.1. The van der Waals surface area contributed by atoms with Gasteiger partial charge in [0.25, 0.3) is 0 Å². The van der Waals surface area contributed by atoms with Crippen LogP contribution in [0.5, 0.6) is 0 Å².